The minimum Gasteiger partial charge on any atom is -0.466 e. The van der Waals surface area contributed by atoms with E-state index in [0.29, 0.717) is 12.1 Å². The smallest absolute Gasteiger partial charge is 0.337 e. The highest BCUT2D eigenvalue weighted by Crippen LogP contribution is 2.26. The minimum atomic E-state index is -0.305. The second-order valence-electron chi connectivity index (χ2n) is 5.89. The molecule has 0 unspecified atom stereocenters. The minimum absolute atomic E-state index is 0.104. The van der Waals surface area contributed by atoms with Crippen molar-refractivity contribution in [1.82, 2.24) is 5.32 Å². The van der Waals surface area contributed by atoms with E-state index >= 15 is 0 Å². The molecule has 1 aliphatic heterocycles. The molecular formula is C16H22N2O2. The number of esters is 1. The van der Waals surface area contributed by atoms with Crippen LogP contribution in [0.25, 0.3) is 0 Å². The molecule has 1 aromatic carbocycles. The number of anilines is 1. The van der Waals surface area contributed by atoms with Gasteiger partial charge in [0.25, 0.3) is 0 Å². The van der Waals surface area contributed by atoms with Crippen molar-refractivity contribution >= 4 is 11.7 Å². The van der Waals surface area contributed by atoms with E-state index in [0.717, 1.165) is 18.7 Å². The fraction of sp³-hybridized carbons (Fsp3) is 0.438. The lowest BCUT2D eigenvalue weighted by Crippen LogP contribution is -2.31. The second kappa shape index (κ2) is 5.99. The lowest BCUT2D eigenvalue weighted by atomic mass is 9.85. The quantitative estimate of drug-likeness (QED) is 0.772. The summed E-state index contributed by atoms with van der Waals surface area (Å²) in [6, 6.07) is 8.24. The van der Waals surface area contributed by atoms with Gasteiger partial charge in [-0.2, -0.15) is 0 Å². The molecule has 0 amide bonds. The lowest BCUT2D eigenvalue weighted by molar-refractivity contribution is -0.136. The van der Waals surface area contributed by atoms with E-state index in [1.165, 1.54) is 12.7 Å². The Kier molecular flexibility index (Phi) is 4.32. The monoisotopic (exact) mass is 274 g/mol. The van der Waals surface area contributed by atoms with Crippen molar-refractivity contribution in [2.45, 2.75) is 20.3 Å². The number of carbonyl (C=O) groups is 1. The summed E-state index contributed by atoms with van der Waals surface area (Å²) in [7, 11) is 1.40. The predicted molar refractivity (Wildman–Crippen MR) is 80.5 cm³/mol. The van der Waals surface area contributed by atoms with Crippen LogP contribution in [0, 0.1) is 5.41 Å². The second-order valence-corrected chi connectivity index (χ2v) is 5.89. The number of ether oxygens (including phenoxy) is 1. The maximum absolute atomic E-state index is 11.7. The van der Waals surface area contributed by atoms with Gasteiger partial charge >= 0.3 is 5.97 Å². The third-order valence-electron chi connectivity index (χ3n) is 3.46. The molecule has 1 heterocycles. The molecule has 2 N–H and O–H groups in total. The third kappa shape index (κ3) is 3.53. The average Bonchev–Trinajstić information content (AvgIpc) is 2.42. The number of carbonyl (C=O) groups excluding carboxylic acids is 1. The molecule has 0 aliphatic carbocycles. The van der Waals surface area contributed by atoms with Crippen LogP contribution in [-0.2, 0) is 16.0 Å². The summed E-state index contributed by atoms with van der Waals surface area (Å²) in [5.74, 6) is -0.305. The van der Waals surface area contributed by atoms with E-state index in [2.05, 4.69) is 36.6 Å². The van der Waals surface area contributed by atoms with Crippen LogP contribution in [0.4, 0.5) is 5.69 Å². The van der Waals surface area contributed by atoms with Crippen molar-refractivity contribution in [2.24, 2.45) is 5.41 Å². The molecular weight excluding hydrogens is 252 g/mol. The molecule has 0 radical (unpaired) electrons. The molecule has 0 bridgehead atoms. The normalized spacial score (nSPS) is 20.4. The van der Waals surface area contributed by atoms with Crippen molar-refractivity contribution in [3.8, 4) is 0 Å². The van der Waals surface area contributed by atoms with Gasteiger partial charge in [0.15, 0.2) is 0 Å². The lowest BCUT2D eigenvalue weighted by Gasteiger charge is -2.27. The highest BCUT2D eigenvalue weighted by Gasteiger charge is 2.21. The van der Waals surface area contributed by atoms with Gasteiger partial charge in [-0.05, 0) is 23.5 Å². The largest absolute Gasteiger partial charge is 0.466 e. The SMILES string of the molecule is COC(=O)/C1=C/NCC(C)(C)Cc2ccccc2NC1. The van der Waals surface area contributed by atoms with Gasteiger partial charge in [-0.1, -0.05) is 32.0 Å². The topological polar surface area (TPSA) is 50.4 Å². The van der Waals surface area contributed by atoms with Gasteiger partial charge in [0.2, 0.25) is 0 Å². The van der Waals surface area contributed by atoms with Crippen LogP contribution < -0.4 is 10.6 Å². The van der Waals surface area contributed by atoms with Crippen molar-refractivity contribution in [2.75, 3.05) is 25.5 Å². The van der Waals surface area contributed by atoms with Crippen LogP contribution >= 0.6 is 0 Å². The first-order valence-electron chi connectivity index (χ1n) is 6.84. The van der Waals surface area contributed by atoms with Crippen molar-refractivity contribution in [1.29, 1.82) is 0 Å². The van der Waals surface area contributed by atoms with Gasteiger partial charge in [-0.15, -0.1) is 0 Å². The molecule has 0 atom stereocenters. The number of rotatable bonds is 1. The summed E-state index contributed by atoms with van der Waals surface area (Å²) < 4.78 is 4.81. The number of benzene rings is 1. The molecule has 108 valence electrons. The molecule has 0 spiro atoms. The highest BCUT2D eigenvalue weighted by molar-refractivity contribution is 5.89. The summed E-state index contributed by atoms with van der Waals surface area (Å²) in [6.45, 7) is 5.69. The first-order chi connectivity index (χ1) is 9.52. The van der Waals surface area contributed by atoms with Gasteiger partial charge < -0.3 is 15.4 Å². The Labute approximate surface area is 120 Å². The van der Waals surface area contributed by atoms with E-state index in [1.807, 2.05) is 12.1 Å². The zero-order valence-corrected chi connectivity index (χ0v) is 12.3. The molecule has 0 saturated carbocycles. The first-order valence-corrected chi connectivity index (χ1v) is 6.84. The average molecular weight is 274 g/mol. The van der Waals surface area contributed by atoms with Crippen LogP contribution in [-0.4, -0.2) is 26.2 Å². The number of hydrogen-bond donors (Lipinski definition) is 2. The van der Waals surface area contributed by atoms with E-state index < -0.39 is 0 Å². The molecule has 4 heteroatoms. The van der Waals surface area contributed by atoms with E-state index in [1.54, 1.807) is 6.20 Å². The Morgan fingerprint density at radius 2 is 2.05 bits per heavy atom. The summed E-state index contributed by atoms with van der Waals surface area (Å²) in [6.07, 6.45) is 2.74. The Bertz CT molecular complexity index is 521. The summed E-state index contributed by atoms with van der Waals surface area (Å²) in [4.78, 5) is 11.7. The Morgan fingerprint density at radius 1 is 1.30 bits per heavy atom. The van der Waals surface area contributed by atoms with Crippen LogP contribution in [0.5, 0.6) is 0 Å². The molecule has 20 heavy (non-hydrogen) atoms. The highest BCUT2D eigenvalue weighted by atomic mass is 16.5. The third-order valence-corrected chi connectivity index (χ3v) is 3.46. The van der Waals surface area contributed by atoms with E-state index in [4.69, 9.17) is 4.74 Å². The first kappa shape index (κ1) is 14.4. The van der Waals surface area contributed by atoms with Gasteiger partial charge in [0.1, 0.15) is 0 Å². The Morgan fingerprint density at radius 3 is 2.80 bits per heavy atom. The van der Waals surface area contributed by atoms with Crippen molar-refractivity contribution in [3.63, 3.8) is 0 Å². The van der Waals surface area contributed by atoms with Crippen LogP contribution in [0.3, 0.4) is 0 Å². The maximum atomic E-state index is 11.7. The van der Waals surface area contributed by atoms with Gasteiger partial charge in [-0.3, -0.25) is 0 Å². The van der Waals surface area contributed by atoms with Gasteiger partial charge in [0, 0.05) is 25.0 Å². The van der Waals surface area contributed by atoms with E-state index in [9.17, 15) is 4.79 Å². The van der Waals surface area contributed by atoms with Crippen molar-refractivity contribution < 1.29 is 9.53 Å². The van der Waals surface area contributed by atoms with Gasteiger partial charge in [-0.25, -0.2) is 4.79 Å². The van der Waals surface area contributed by atoms with Crippen LogP contribution in [0.2, 0.25) is 0 Å². The fourth-order valence-electron chi connectivity index (χ4n) is 2.38. The maximum Gasteiger partial charge on any atom is 0.337 e. The predicted octanol–water partition coefficient (Wildman–Crippen LogP) is 2.33. The zero-order chi connectivity index (χ0) is 14.6. The molecule has 4 nitrogen and oxygen atoms in total. The van der Waals surface area contributed by atoms with Crippen molar-refractivity contribution in [3.05, 3.63) is 41.6 Å². The number of methoxy groups -OCH3 is 1. The number of para-hydroxylation sites is 1. The molecule has 0 saturated heterocycles. The molecule has 1 aromatic rings. The number of fused-ring (bicyclic) bond motifs is 1. The Balaban J connectivity index is 2.30. The van der Waals surface area contributed by atoms with Crippen LogP contribution in [0.15, 0.2) is 36.0 Å². The number of hydrogen-bond acceptors (Lipinski definition) is 4. The van der Waals surface area contributed by atoms with Crippen LogP contribution in [0.1, 0.15) is 19.4 Å². The Hall–Kier alpha value is -1.97. The number of nitrogens with one attached hydrogen (secondary N) is 2. The van der Waals surface area contributed by atoms with E-state index in [-0.39, 0.29) is 11.4 Å². The zero-order valence-electron chi connectivity index (χ0n) is 12.3. The molecule has 1 aliphatic rings. The fourth-order valence-corrected chi connectivity index (χ4v) is 2.38. The molecule has 0 aromatic heterocycles. The standard InChI is InChI=1S/C16H22N2O2/c1-16(2)8-12-6-4-5-7-14(12)18-10-13(9-17-11-16)15(19)20-3/h4-7,9,17-18H,8,10-11H2,1-3H3/b13-9+. The summed E-state index contributed by atoms with van der Waals surface area (Å²) >= 11 is 0. The molecule has 0 fully saturated rings. The summed E-state index contributed by atoms with van der Waals surface area (Å²) in [5, 5.41) is 6.57. The molecule has 2 rings (SSSR count). The van der Waals surface area contributed by atoms with Gasteiger partial charge in [0.05, 0.1) is 12.7 Å². The summed E-state index contributed by atoms with van der Waals surface area (Å²) in [5.41, 5.74) is 3.05.